The van der Waals surface area contributed by atoms with Crippen LogP contribution < -0.4 is 5.32 Å². The summed E-state index contributed by atoms with van der Waals surface area (Å²) in [5.41, 5.74) is 0.502. The van der Waals surface area contributed by atoms with E-state index in [4.69, 9.17) is 0 Å². The lowest BCUT2D eigenvalue weighted by atomic mass is 9.85. The van der Waals surface area contributed by atoms with Crippen molar-refractivity contribution in [1.29, 1.82) is 0 Å². The van der Waals surface area contributed by atoms with E-state index in [1.54, 1.807) is 0 Å². The molecular formula is C16H28N4. The maximum atomic E-state index is 4.44. The van der Waals surface area contributed by atoms with Gasteiger partial charge < -0.3 is 9.88 Å². The van der Waals surface area contributed by atoms with Crippen molar-refractivity contribution in [2.75, 3.05) is 20.1 Å². The van der Waals surface area contributed by atoms with E-state index in [0.29, 0.717) is 5.41 Å². The smallest absolute Gasteiger partial charge is 0.122 e. The van der Waals surface area contributed by atoms with Gasteiger partial charge in [-0.2, -0.15) is 0 Å². The van der Waals surface area contributed by atoms with E-state index >= 15 is 0 Å². The Bertz CT molecular complexity index is 429. The first kappa shape index (κ1) is 14.1. The van der Waals surface area contributed by atoms with Gasteiger partial charge in [-0.25, -0.2) is 4.98 Å². The van der Waals surface area contributed by atoms with Crippen molar-refractivity contribution in [3.63, 3.8) is 0 Å². The third-order valence-electron chi connectivity index (χ3n) is 4.94. The standard InChI is InChI=1S/C16H28N4/c1-19(11-15-17-9-10-20(15)2)13-16(7-3-4-8-16)12-18-14-5-6-14/h9-10,14,18H,3-8,11-13H2,1-2H3. The molecule has 0 aliphatic heterocycles. The second kappa shape index (κ2) is 5.86. The highest BCUT2D eigenvalue weighted by Crippen LogP contribution is 2.39. The number of imidazole rings is 1. The Kier molecular flexibility index (Phi) is 4.13. The SMILES string of the molecule is CN(Cc1nccn1C)CC1(CNC2CC2)CCCC1. The number of nitrogens with one attached hydrogen (secondary N) is 1. The predicted octanol–water partition coefficient (Wildman–Crippen LogP) is 2.16. The number of nitrogens with zero attached hydrogens (tertiary/aromatic N) is 3. The fourth-order valence-corrected chi connectivity index (χ4v) is 3.58. The lowest BCUT2D eigenvalue weighted by Crippen LogP contribution is -2.42. The zero-order valence-electron chi connectivity index (χ0n) is 12.9. The van der Waals surface area contributed by atoms with Crippen LogP contribution in [0.15, 0.2) is 12.4 Å². The highest BCUT2D eigenvalue weighted by atomic mass is 15.2. The van der Waals surface area contributed by atoms with Gasteiger partial charge in [0.1, 0.15) is 5.82 Å². The van der Waals surface area contributed by atoms with Gasteiger partial charge in [0.15, 0.2) is 0 Å². The second-order valence-electron chi connectivity index (χ2n) is 6.99. The number of hydrogen-bond donors (Lipinski definition) is 1. The average molecular weight is 276 g/mol. The van der Waals surface area contributed by atoms with Crippen molar-refractivity contribution >= 4 is 0 Å². The molecule has 0 radical (unpaired) electrons. The van der Waals surface area contributed by atoms with Crippen LogP contribution in [0.2, 0.25) is 0 Å². The molecule has 20 heavy (non-hydrogen) atoms. The summed E-state index contributed by atoms with van der Waals surface area (Å²) >= 11 is 0. The predicted molar refractivity (Wildman–Crippen MR) is 81.5 cm³/mol. The van der Waals surface area contributed by atoms with Gasteiger partial charge in [0.25, 0.3) is 0 Å². The summed E-state index contributed by atoms with van der Waals surface area (Å²) in [5, 5.41) is 3.77. The number of aromatic nitrogens is 2. The van der Waals surface area contributed by atoms with Crippen molar-refractivity contribution in [2.24, 2.45) is 12.5 Å². The molecule has 112 valence electrons. The molecule has 3 rings (SSSR count). The lowest BCUT2D eigenvalue weighted by Gasteiger charge is -2.34. The van der Waals surface area contributed by atoms with Crippen molar-refractivity contribution < 1.29 is 0 Å². The zero-order valence-corrected chi connectivity index (χ0v) is 12.9. The average Bonchev–Trinajstić information content (AvgIpc) is 3.02. The lowest BCUT2D eigenvalue weighted by molar-refractivity contribution is 0.164. The Morgan fingerprint density at radius 3 is 2.75 bits per heavy atom. The molecule has 2 saturated carbocycles. The normalized spacial score (nSPS) is 21.8. The van der Waals surface area contributed by atoms with Crippen LogP contribution in [0.1, 0.15) is 44.3 Å². The van der Waals surface area contributed by atoms with E-state index in [2.05, 4.69) is 33.9 Å². The van der Waals surface area contributed by atoms with Crippen LogP contribution >= 0.6 is 0 Å². The molecule has 4 heteroatoms. The Morgan fingerprint density at radius 2 is 2.15 bits per heavy atom. The molecule has 1 N–H and O–H groups in total. The van der Waals surface area contributed by atoms with E-state index in [1.165, 1.54) is 51.6 Å². The molecule has 0 aromatic carbocycles. The monoisotopic (exact) mass is 276 g/mol. The Balaban J connectivity index is 1.56. The Labute approximate surface area is 122 Å². The summed E-state index contributed by atoms with van der Waals surface area (Å²) in [6.45, 7) is 3.36. The van der Waals surface area contributed by atoms with Gasteiger partial charge in [-0.15, -0.1) is 0 Å². The highest BCUT2D eigenvalue weighted by Gasteiger charge is 2.36. The van der Waals surface area contributed by atoms with E-state index in [0.717, 1.165) is 18.4 Å². The highest BCUT2D eigenvalue weighted by molar-refractivity contribution is 4.95. The third-order valence-corrected chi connectivity index (χ3v) is 4.94. The number of aryl methyl sites for hydroxylation is 1. The van der Waals surface area contributed by atoms with Crippen LogP contribution in [0.5, 0.6) is 0 Å². The van der Waals surface area contributed by atoms with Gasteiger partial charge in [-0.1, -0.05) is 12.8 Å². The maximum Gasteiger partial charge on any atom is 0.122 e. The first-order valence-corrected chi connectivity index (χ1v) is 8.05. The molecule has 0 atom stereocenters. The van der Waals surface area contributed by atoms with Gasteiger partial charge in [0.05, 0.1) is 6.54 Å². The van der Waals surface area contributed by atoms with Gasteiger partial charge in [-0.05, 0) is 38.1 Å². The third kappa shape index (κ3) is 3.41. The van der Waals surface area contributed by atoms with Gasteiger partial charge in [0.2, 0.25) is 0 Å². The molecule has 2 aliphatic rings. The molecule has 2 aliphatic carbocycles. The van der Waals surface area contributed by atoms with Crippen LogP contribution in [0, 0.1) is 5.41 Å². The molecule has 1 heterocycles. The Hall–Kier alpha value is -0.870. The summed E-state index contributed by atoms with van der Waals surface area (Å²) < 4.78 is 2.13. The quantitative estimate of drug-likeness (QED) is 0.828. The molecule has 1 aromatic rings. The van der Waals surface area contributed by atoms with Crippen LogP contribution in [-0.4, -0.2) is 40.6 Å². The van der Waals surface area contributed by atoms with E-state index < -0.39 is 0 Å². The van der Waals surface area contributed by atoms with Gasteiger partial charge >= 0.3 is 0 Å². The maximum absolute atomic E-state index is 4.44. The molecule has 1 aromatic heterocycles. The van der Waals surface area contributed by atoms with Crippen LogP contribution in [-0.2, 0) is 13.6 Å². The van der Waals surface area contributed by atoms with Crippen LogP contribution in [0.25, 0.3) is 0 Å². The first-order valence-electron chi connectivity index (χ1n) is 8.05. The largest absolute Gasteiger partial charge is 0.337 e. The summed E-state index contributed by atoms with van der Waals surface area (Å²) in [7, 11) is 4.32. The number of rotatable bonds is 7. The molecule has 2 fully saturated rings. The minimum absolute atomic E-state index is 0.502. The summed E-state index contributed by atoms with van der Waals surface area (Å²) in [5.74, 6) is 1.16. The molecule has 0 unspecified atom stereocenters. The van der Waals surface area contributed by atoms with Crippen molar-refractivity contribution in [3.8, 4) is 0 Å². The first-order chi connectivity index (χ1) is 9.67. The van der Waals surface area contributed by atoms with E-state index in [9.17, 15) is 0 Å². The minimum atomic E-state index is 0.502. The molecular weight excluding hydrogens is 248 g/mol. The van der Waals surface area contributed by atoms with Crippen molar-refractivity contribution in [2.45, 2.75) is 51.1 Å². The van der Waals surface area contributed by atoms with E-state index in [-0.39, 0.29) is 0 Å². The van der Waals surface area contributed by atoms with Crippen LogP contribution in [0.4, 0.5) is 0 Å². The van der Waals surface area contributed by atoms with Gasteiger partial charge in [0, 0.05) is 38.6 Å². The van der Waals surface area contributed by atoms with E-state index in [1.807, 2.05) is 12.4 Å². The fourth-order valence-electron chi connectivity index (χ4n) is 3.58. The minimum Gasteiger partial charge on any atom is -0.337 e. The molecule has 0 bridgehead atoms. The number of hydrogen-bond acceptors (Lipinski definition) is 3. The molecule has 4 nitrogen and oxygen atoms in total. The van der Waals surface area contributed by atoms with Crippen molar-refractivity contribution in [3.05, 3.63) is 18.2 Å². The molecule has 0 amide bonds. The van der Waals surface area contributed by atoms with Gasteiger partial charge in [-0.3, -0.25) is 4.90 Å². The second-order valence-corrected chi connectivity index (χ2v) is 6.99. The summed E-state index contributed by atoms with van der Waals surface area (Å²) in [6, 6.07) is 0.826. The van der Waals surface area contributed by atoms with Crippen molar-refractivity contribution in [1.82, 2.24) is 19.8 Å². The topological polar surface area (TPSA) is 33.1 Å². The fraction of sp³-hybridized carbons (Fsp3) is 0.812. The van der Waals surface area contributed by atoms with Crippen LogP contribution in [0.3, 0.4) is 0 Å². The zero-order chi connectivity index (χ0) is 14.0. The molecule has 0 spiro atoms. The molecule has 0 saturated heterocycles. The Morgan fingerprint density at radius 1 is 1.40 bits per heavy atom. The summed E-state index contributed by atoms with van der Waals surface area (Å²) in [6.07, 6.45) is 12.3. The summed E-state index contributed by atoms with van der Waals surface area (Å²) in [4.78, 5) is 6.90.